The van der Waals surface area contributed by atoms with Crippen molar-refractivity contribution in [3.8, 4) is 0 Å². The second kappa shape index (κ2) is 6.34. The highest BCUT2D eigenvalue weighted by Crippen LogP contribution is 2.22. The van der Waals surface area contributed by atoms with Crippen LogP contribution >= 0.6 is 0 Å². The Morgan fingerprint density at radius 2 is 1.76 bits per heavy atom. The molecule has 1 unspecified atom stereocenters. The maximum absolute atomic E-state index is 12.2. The number of carbonyl (C=O) groups is 5. The fraction of sp³-hybridized carbons (Fsp3) is 0.312. The van der Waals surface area contributed by atoms with Gasteiger partial charge < -0.3 is 10.1 Å². The van der Waals surface area contributed by atoms with Crippen molar-refractivity contribution in [2.75, 3.05) is 19.6 Å². The van der Waals surface area contributed by atoms with Crippen LogP contribution in [0.1, 0.15) is 27.6 Å². The van der Waals surface area contributed by atoms with Gasteiger partial charge in [-0.25, -0.2) is 4.79 Å². The number of ether oxygens (including phenoxy) is 1. The Kier molecular flexibility index (Phi) is 4.22. The Hall–Kier alpha value is -3.23. The van der Waals surface area contributed by atoms with Gasteiger partial charge in [0.15, 0.2) is 6.10 Å². The first kappa shape index (κ1) is 16.6. The Bertz CT molecular complexity index is 755. The van der Waals surface area contributed by atoms with Crippen molar-refractivity contribution in [2.24, 2.45) is 0 Å². The van der Waals surface area contributed by atoms with Crippen LogP contribution in [0.3, 0.4) is 0 Å². The Morgan fingerprint density at radius 3 is 2.28 bits per heavy atom. The van der Waals surface area contributed by atoms with Crippen LogP contribution in [0.4, 0.5) is 4.79 Å². The standard InChI is InChI=1S/C16H15N3O6/c1-9(13(21)18-7-6-17-16(18)24)25-12(20)8-19-14(22)10-4-2-3-5-11(10)15(19)23/h2-5,9H,6-8H2,1H3,(H,17,24). The van der Waals surface area contributed by atoms with Crippen molar-refractivity contribution >= 4 is 29.7 Å². The number of amides is 5. The number of imide groups is 2. The van der Waals surface area contributed by atoms with Gasteiger partial charge in [0, 0.05) is 13.1 Å². The van der Waals surface area contributed by atoms with Gasteiger partial charge in [0.05, 0.1) is 11.1 Å². The highest BCUT2D eigenvalue weighted by molar-refractivity contribution is 6.22. The summed E-state index contributed by atoms with van der Waals surface area (Å²) in [5, 5.41) is 2.47. The summed E-state index contributed by atoms with van der Waals surface area (Å²) in [4.78, 5) is 61.6. The Labute approximate surface area is 142 Å². The number of carbonyl (C=O) groups excluding carboxylic acids is 5. The van der Waals surface area contributed by atoms with Crippen molar-refractivity contribution in [1.29, 1.82) is 0 Å². The summed E-state index contributed by atoms with van der Waals surface area (Å²) in [6, 6.07) is 5.69. The first-order chi connectivity index (χ1) is 11.9. The summed E-state index contributed by atoms with van der Waals surface area (Å²) in [5.41, 5.74) is 0.441. The number of fused-ring (bicyclic) bond motifs is 1. The molecular weight excluding hydrogens is 330 g/mol. The summed E-state index contributed by atoms with van der Waals surface area (Å²) in [7, 11) is 0. The van der Waals surface area contributed by atoms with E-state index in [1.54, 1.807) is 12.1 Å². The van der Waals surface area contributed by atoms with Crippen molar-refractivity contribution in [3.63, 3.8) is 0 Å². The second-order valence-corrected chi connectivity index (χ2v) is 5.60. The molecule has 1 fully saturated rings. The van der Waals surface area contributed by atoms with E-state index < -0.39 is 42.4 Å². The van der Waals surface area contributed by atoms with Crippen LogP contribution in [0.2, 0.25) is 0 Å². The molecule has 2 aliphatic rings. The lowest BCUT2D eigenvalue weighted by Gasteiger charge is -2.19. The van der Waals surface area contributed by atoms with Crippen LogP contribution in [0, 0.1) is 0 Å². The number of benzene rings is 1. The molecule has 3 rings (SSSR count). The van der Waals surface area contributed by atoms with Gasteiger partial charge in [-0.05, 0) is 19.1 Å². The topological polar surface area (TPSA) is 113 Å². The predicted molar refractivity (Wildman–Crippen MR) is 82.5 cm³/mol. The van der Waals surface area contributed by atoms with E-state index in [2.05, 4.69) is 5.32 Å². The fourth-order valence-corrected chi connectivity index (χ4v) is 2.70. The number of urea groups is 1. The Balaban J connectivity index is 1.62. The highest BCUT2D eigenvalue weighted by Gasteiger charge is 2.38. The van der Waals surface area contributed by atoms with E-state index in [9.17, 15) is 24.0 Å². The molecule has 1 aromatic rings. The average molecular weight is 345 g/mol. The summed E-state index contributed by atoms with van der Waals surface area (Å²) in [6.07, 6.45) is -1.20. The number of nitrogens with one attached hydrogen (secondary N) is 1. The molecule has 2 heterocycles. The van der Waals surface area contributed by atoms with Gasteiger partial charge in [-0.3, -0.25) is 29.0 Å². The van der Waals surface area contributed by atoms with E-state index in [0.29, 0.717) is 6.54 Å². The fourth-order valence-electron chi connectivity index (χ4n) is 2.70. The average Bonchev–Trinajstić information content (AvgIpc) is 3.12. The van der Waals surface area contributed by atoms with E-state index in [1.165, 1.54) is 19.1 Å². The molecule has 9 nitrogen and oxygen atoms in total. The molecule has 5 amide bonds. The van der Waals surface area contributed by atoms with Crippen LogP contribution in [0.15, 0.2) is 24.3 Å². The number of esters is 1. The van der Waals surface area contributed by atoms with Gasteiger partial charge >= 0.3 is 12.0 Å². The summed E-state index contributed by atoms with van der Waals surface area (Å²) in [5.74, 6) is -2.74. The van der Waals surface area contributed by atoms with Crippen molar-refractivity contribution in [1.82, 2.24) is 15.1 Å². The van der Waals surface area contributed by atoms with Crippen LogP contribution < -0.4 is 5.32 Å². The third-order valence-corrected chi connectivity index (χ3v) is 3.94. The maximum Gasteiger partial charge on any atom is 0.326 e. The maximum atomic E-state index is 12.2. The van der Waals surface area contributed by atoms with E-state index in [0.717, 1.165) is 9.80 Å². The van der Waals surface area contributed by atoms with Crippen molar-refractivity contribution in [2.45, 2.75) is 13.0 Å². The molecule has 1 aromatic carbocycles. The third-order valence-electron chi connectivity index (χ3n) is 3.94. The molecule has 9 heteroatoms. The molecule has 0 aromatic heterocycles. The normalized spacial score (nSPS) is 17.4. The van der Waals surface area contributed by atoms with Crippen LogP contribution in [0.25, 0.3) is 0 Å². The van der Waals surface area contributed by atoms with Crippen molar-refractivity contribution in [3.05, 3.63) is 35.4 Å². The van der Waals surface area contributed by atoms with E-state index in [-0.39, 0.29) is 17.7 Å². The number of nitrogens with zero attached hydrogens (tertiary/aromatic N) is 2. The van der Waals surface area contributed by atoms with Gasteiger partial charge in [0.25, 0.3) is 17.7 Å². The lowest BCUT2D eigenvalue weighted by Crippen LogP contribution is -2.43. The second-order valence-electron chi connectivity index (χ2n) is 5.60. The van der Waals surface area contributed by atoms with Gasteiger partial charge in [-0.15, -0.1) is 0 Å². The zero-order valence-electron chi connectivity index (χ0n) is 13.4. The highest BCUT2D eigenvalue weighted by atomic mass is 16.5. The minimum Gasteiger partial charge on any atom is -0.451 e. The number of hydrogen-bond acceptors (Lipinski definition) is 6. The quantitative estimate of drug-likeness (QED) is 0.595. The summed E-state index contributed by atoms with van der Waals surface area (Å²) >= 11 is 0. The molecular formula is C16H15N3O6. The van der Waals surface area contributed by atoms with Crippen LogP contribution in [0.5, 0.6) is 0 Å². The number of rotatable bonds is 4. The molecule has 1 saturated heterocycles. The van der Waals surface area contributed by atoms with Crippen LogP contribution in [-0.2, 0) is 14.3 Å². The molecule has 0 saturated carbocycles. The smallest absolute Gasteiger partial charge is 0.326 e. The zero-order chi connectivity index (χ0) is 18.1. The molecule has 1 atom stereocenters. The minimum absolute atomic E-state index is 0.192. The van der Waals surface area contributed by atoms with Crippen LogP contribution in [-0.4, -0.2) is 65.3 Å². The molecule has 0 aliphatic carbocycles. The first-order valence-electron chi connectivity index (χ1n) is 7.64. The predicted octanol–water partition coefficient (Wildman–Crippen LogP) is -0.234. The Morgan fingerprint density at radius 1 is 1.16 bits per heavy atom. The number of hydrogen-bond donors (Lipinski definition) is 1. The SMILES string of the molecule is CC(OC(=O)CN1C(=O)c2ccccc2C1=O)C(=O)N1CCNC1=O. The van der Waals surface area contributed by atoms with E-state index in [1.807, 2.05) is 0 Å². The largest absolute Gasteiger partial charge is 0.451 e. The molecule has 0 spiro atoms. The summed E-state index contributed by atoms with van der Waals surface area (Å²) in [6.45, 7) is 1.25. The molecule has 25 heavy (non-hydrogen) atoms. The van der Waals surface area contributed by atoms with Gasteiger partial charge in [-0.2, -0.15) is 0 Å². The lowest BCUT2D eigenvalue weighted by atomic mass is 10.1. The zero-order valence-corrected chi connectivity index (χ0v) is 13.4. The molecule has 0 radical (unpaired) electrons. The van der Waals surface area contributed by atoms with E-state index >= 15 is 0 Å². The molecule has 2 aliphatic heterocycles. The van der Waals surface area contributed by atoms with Crippen molar-refractivity contribution < 1.29 is 28.7 Å². The first-order valence-corrected chi connectivity index (χ1v) is 7.64. The lowest BCUT2D eigenvalue weighted by molar-refractivity contribution is -0.157. The van der Waals surface area contributed by atoms with Gasteiger partial charge in [-0.1, -0.05) is 12.1 Å². The van der Waals surface area contributed by atoms with Gasteiger partial charge in [0.2, 0.25) is 0 Å². The van der Waals surface area contributed by atoms with E-state index in [4.69, 9.17) is 4.74 Å². The van der Waals surface area contributed by atoms with Gasteiger partial charge in [0.1, 0.15) is 6.54 Å². The third kappa shape index (κ3) is 2.95. The molecule has 0 bridgehead atoms. The monoisotopic (exact) mass is 345 g/mol. The summed E-state index contributed by atoms with van der Waals surface area (Å²) < 4.78 is 4.97. The molecule has 130 valence electrons. The molecule has 1 N–H and O–H groups in total. The minimum atomic E-state index is -1.20.